The number of nitro benzene ring substituents is 1. The summed E-state index contributed by atoms with van der Waals surface area (Å²) in [5.41, 5.74) is 2.34. The smallest absolute Gasteiger partial charge is 0.270 e. The van der Waals surface area contributed by atoms with E-state index in [1.165, 1.54) is 12.1 Å². The molecular formula is C13H7Br2N3O2. The molecule has 3 aromatic rings. The first kappa shape index (κ1) is 13.3. The van der Waals surface area contributed by atoms with Crippen molar-refractivity contribution in [3.05, 3.63) is 55.5 Å². The third-order valence-electron chi connectivity index (χ3n) is 2.88. The number of fused-ring (bicyclic) bond motifs is 1. The van der Waals surface area contributed by atoms with E-state index in [0.717, 1.165) is 20.0 Å². The molecule has 7 heteroatoms. The Balaban J connectivity index is 2.20. The van der Waals surface area contributed by atoms with Gasteiger partial charge in [0.05, 0.1) is 10.4 Å². The second kappa shape index (κ2) is 4.99. The number of imidazole rings is 1. The molecule has 0 amide bonds. The van der Waals surface area contributed by atoms with E-state index in [0.29, 0.717) is 11.4 Å². The summed E-state index contributed by atoms with van der Waals surface area (Å²) in [4.78, 5) is 18.1. The van der Waals surface area contributed by atoms with Gasteiger partial charge in [0.25, 0.3) is 5.69 Å². The minimum absolute atomic E-state index is 0.0427. The highest BCUT2D eigenvalue weighted by atomic mass is 79.9. The first-order chi connectivity index (χ1) is 9.56. The number of benzene rings is 2. The Bertz CT molecular complexity index is 791. The van der Waals surface area contributed by atoms with E-state index in [-0.39, 0.29) is 5.69 Å². The minimum Gasteiger partial charge on any atom is -0.337 e. The topological polar surface area (TPSA) is 71.8 Å². The number of nitrogens with zero attached hydrogens (tertiary/aromatic N) is 2. The van der Waals surface area contributed by atoms with Gasteiger partial charge in [-0.25, -0.2) is 4.98 Å². The maximum absolute atomic E-state index is 10.8. The van der Waals surface area contributed by atoms with E-state index in [4.69, 9.17) is 0 Å². The number of rotatable bonds is 2. The lowest BCUT2D eigenvalue weighted by Crippen LogP contribution is -1.88. The van der Waals surface area contributed by atoms with Crippen molar-refractivity contribution in [2.75, 3.05) is 0 Å². The molecule has 0 bridgehead atoms. The van der Waals surface area contributed by atoms with Crippen LogP contribution in [0.3, 0.4) is 0 Å². The highest BCUT2D eigenvalue weighted by Gasteiger charge is 2.13. The molecule has 0 aliphatic carbocycles. The maximum Gasteiger partial charge on any atom is 0.270 e. The van der Waals surface area contributed by atoms with Crippen LogP contribution < -0.4 is 0 Å². The molecular weight excluding hydrogens is 390 g/mol. The van der Waals surface area contributed by atoms with E-state index in [2.05, 4.69) is 41.8 Å². The molecule has 0 radical (unpaired) electrons. The zero-order valence-electron chi connectivity index (χ0n) is 9.93. The van der Waals surface area contributed by atoms with Crippen LogP contribution >= 0.6 is 31.9 Å². The van der Waals surface area contributed by atoms with E-state index >= 15 is 0 Å². The predicted molar refractivity (Wildman–Crippen MR) is 83.6 cm³/mol. The fourth-order valence-corrected chi connectivity index (χ4v) is 2.77. The van der Waals surface area contributed by atoms with Crippen molar-refractivity contribution < 1.29 is 4.92 Å². The van der Waals surface area contributed by atoms with Crippen molar-refractivity contribution in [3.63, 3.8) is 0 Å². The quantitative estimate of drug-likeness (QED) is 0.505. The van der Waals surface area contributed by atoms with Gasteiger partial charge in [-0.1, -0.05) is 12.1 Å². The van der Waals surface area contributed by atoms with Crippen LogP contribution in [0.2, 0.25) is 0 Å². The Kier molecular flexibility index (Phi) is 3.31. The van der Waals surface area contributed by atoms with Gasteiger partial charge in [0.2, 0.25) is 0 Å². The van der Waals surface area contributed by atoms with Gasteiger partial charge >= 0.3 is 0 Å². The van der Waals surface area contributed by atoms with E-state index in [1.807, 2.05) is 12.1 Å². The van der Waals surface area contributed by atoms with Gasteiger partial charge in [-0.2, -0.15) is 0 Å². The number of nitrogens with one attached hydrogen (secondary N) is 1. The lowest BCUT2D eigenvalue weighted by atomic mass is 10.2. The zero-order valence-corrected chi connectivity index (χ0v) is 13.1. The summed E-state index contributed by atoms with van der Waals surface area (Å²) in [6.45, 7) is 0. The minimum atomic E-state index is -0.419. The molecule has 0 atom stereocenters. The van der Waals surface area contributed by atoms with Crippen molar-refractivity contribution in [3.8, 4) is 11.4 Å². The van der Waals surface area contributed by atoms with Crippen molar-refractivity contribution >= 4 is 48.6 Å². The van der Waals surface area contributed by atoms with Gasteiger partial charge in [-0.15, -0.1) is 0 Å². The Morgan fingerprint density at radius 3 is 2.60 bits per heavy atom. The molecule has 20 heavy (non-hydrogen) atoms. The first-order valence-corrected chi connectivity index (χ1v) is 7.23. The lowest BCUT2D eigenvalue weighted by Gasteiger charge is -1.96. The Hall–Kier alpha value is -1.73. The number of nitro groups is 1. The molecule has 0 aliphatic rings. The summed E-state index contributed by atoms with van der Waals surface area (Å²) in [6.07, 6.45) is 0. The molecule has 0 saturated carbocycles. The SMILES string of the molecule is O=[N+]([O-])c1cccc(-c2nc3c(Br)ccc(Br)c3[nH]2)c1. The normalized spacial score (nSPS) is 10.9. The third kappa shape index (κ3) is 2.23. The average Bonchev–Trinajstić information content (AvgIpc) is 2.89. The lowest BCUT2D eigenvalue weighted by molar-refractivity contribution is -0.384. The fraction of sp³-hybridized carbons (Fsp3) is 0. The van der Waals surface area contributed by atoms with Gasteiger partial charge < -0.3 is 4.98 Å². The monoisotopic (exact) mass is 395 g/mol. The highest BCUT2D eigenvalue weighted by Crippen LogP contribution is 2.31. The number of hydrogen-bond donors (Lipinski definition) is 1. The van der Waals surface area contributed by atoms with E-state index in [9.17, 15) is 10.1 Å². The predicted octanol–water partition coefficient (Wildman–Crippen LogP) is 4.66. The number of hydrogen-bond acceptors (Lipinski definition) is 3. The van der Waals surface area contributed by atoms with Gasteiger partial charge in [0, 0.05) is 26.6 Å². The maximum atomic E-state index is 10.8. The average molecular weight is 397 g/mol. The van der Waals surface area contributed by atoms with Gasteiger partial charge in [0.1, 0.15) is 11.3 Å². The molecule has 1 aromatic heterocycles. The van der Waals surface area contributed by atoms with Gasteiger partial charge in [0.15, 0.2) is 0 Å². The summed E-state index contributed by atoms with van der Waals surface area (Å²) >= 11 is 6.90. The molecule has 0 spiro atoms. The number of aromatic nitrogens is 2. The van der Waals surface area contributed by atoms with Crippen LogP contribution in [-0.4, -0.2) is 14.9 Å². The number of H-pyrrole nitrogens is 1. The molecule has 0 fully saturated rings. The van der Waals surface area contributed by atoms with Crippen LogP contribution in [0.1, 0.15) is 0 Å². The van der Waals surface area contributed by atoms with Gasteiger partial charge in [-0.3, -0.25) is 10.1 Å². The molecule has 5 nitrogen and oxygen atoms in total. The van der Waals surface area contributed by atoms with Gasteiger partial charge in [-0.05, 0) is 44.0 Å². The van der Waals surface area contributed by atoms with Crippen LogP contribution in [0.15, 0.2) is 45.3 Å². The molecule has 100 valence electrons. The van der Waals surface area contributed by atoms with E-state index < -0.39 is 4.92 Å². The summed E-state index contributed by atoms with van der Waals surface area (Å²) < 4.78 is 1.75. The van der Waals surface area contributed by atoms with Crippen LogP contribution in [0.25, 0.3) is 22.4 Å². The third-order valence-corrected chi connectivity index (χ3v) is 4.18. The Morgan fingerprint density at radius 2 is 1.90 bits per heavy atom. The van der Waals surface area contributed by atoms with Crippen LogP contribution in [0.4, 0.5) is 5.69 Å². The second-order valence-corrected chi connectivity index (χ2v) is 5.85. The number of non-ortho nitro benzene ring substituents is 1. The summed E-state index contributed by atoms with van der Waals surface area (Å²) in [6, 6.07) is 10.2. The first-order valence-electron chi connectivity index (χ1n) is 5.65. The molecule has 1 heterocycles. The Morgan fingerprint density at radius 1 is 1.15 bits per heavy atom. The summed E-state index contributed by atoms with van der Waals surface area (Å²) in [7, 11) is 0. The molecule has 1 N–H and O–H groups in total. The van der Waals surface area contributed by atoms with Crippen molar-refractivity contribution in [1.29, 1.82) is 0 Å². The second-order valence-electron chi connectivity index (χ2n) is 4.15. The molecule has 3 rings (SSSR count). The van der Waals surface area contributed by atoms with Crippen LogP contribution in [0, 0.1) is 10.1 Å². The zero-order chi connectivity index (χ0) is 14.3. The van der Waals surface area contributed by atoms with Crippen molar-refractivity contribution in [2.24, 2.45) is 0 Å². The summed E-state index contributed by atoms with van der Waals surface area (Å²) in [5.74, 6) is 0.594. The molecule has 2 aromatic carbocycles. The van der Waals surface area contributed by atoms with Crippen molar-refractivity contribution in [1.82, 2.24) is 9.97 Å². The number of halogens is 2. The molecule has 0 saturated heterocycles. The molecule has 0 aliphatic heterocycles. The highest BCUT2D eigenvalue weighted by molar-refractivity contribution is 9.11. The molecule has 0 unspecified atom stereocenters. The summed E-state index contributed by atoms with van der Waals surface area (Å²) in [5, 5.41) is 10.8. The standard InChI is InChI=1S/C13H7Br2N3O2/c14-9-4-5-10(15)12-11(9)16-13(17-12)7-2-1-3-8(6-7)18(19)20/h1-6H,(H,16,17). The van der Waals surface area contributed by atoms with Crippen LogP contribution in [-0.2, 0) is 0 Å². The fourth-order valence-electron chi connectivity index (χ4n) is 1.93. The van der Waals surface area contributed by atoms with Crippen molar-refractivity contribution in [2.45, 2.75) is 0 Å². The number of aromatic amines is 1. The Labute approximate surface area is 130 Å². The van der Waals surface area contributed by atoms with E-state index in [1.54, 1.807) is 12.1 Å². The van der Waals surface area contributed by atoms with Crippen LogP contribution in [0.5, 0.6) is 0 Å². The largest absolute Gasteiger partial charge is 0.337 e.